The zero-order valence-corrected chi connectivity index (χ0v) is 18.5. The Labute approximate surface area is 184 Å². The van der Waals surface area contributed by atoms with Gasteiger partial charge in [-0.05, 0) is 55.3 Å². The lowest BCUT2D eigenvalue weighted by Gasteiger charge is -2.36. The van der Waals surface area contributed by atoms with E-state index in [1.54, 1.807) is 7.11 Å². The van der Waals surface area contributed by atoms with E-state index in [9.17, 15) is 4.39 Å². The molecular weight excluding hydrogens is 395 g/mol. The largest absolute Gasteiger partial charge is 0.385 e. The molecule has 7 nitrogen and oxygen atoms in total. The predicted octanol–water partition coefficient (Wildman–Crippen LogP) is 2.64. The van der Waals surface area contributed by atoms with E-state index >= 15 is 0 Å². The molecule has 0 radical (unpaired) electrons. The van der Waals surface area contributed by atoms with Gasteiger partial charge in [0.2, 0.25) is 0 Å². The Morgan fingerprint density at radius 3 is 2.55 bits per heavy atom. The van der Waals surface area contributed by atoms with Gasteiger partial charge in [0.1, 0.15) is 11.6 Å². The fraction of sp³-hybridized carbons (Fsp3) is 0.478. The lowest BCUT2D eigenvalue weighted by atomic mass is 10.2. The van der Waals surface area contributed by atoms with E-state index in [-0.39, 0.29) is 5.82 Å². The molecule has 168 valence electrons. The number of aromatic nitrogens is 1. The van der Waals surface area contributed by atoms with Crippen molar-refractivity contribution in [2.45, 2.75) is 19.9 Å². The lowest BCUT2D eigenvalue weighted by Crippen LogP contribution is -2.46. The van der Waals surface area contributed by atoms with Gasteiger partial charge in [-0.25, -0.2) is 14.4 Å². The zero-order chi connectivity index (χ0) is 21.9. The lowest BCUT2D eigenvalue weighted by molar-refractivity contribution is 0.195. The van der Waals surface area contributed by atoms with Crippen LogP contribution < -0.4 is 20.4 Å². The van der Waals surface area contributed by atoms with Crippen LogP contribution in [-0.4, -0.2) is 63.9 Å². The molecule has 0 saturated carbocycles. The average Bonchev–Trinajstić information content (AvgIpc) is 2.81. The molecule has 1 aromatic heterocycles. The summed E-state index contributed by atoms with van der Waals surface area (Å²) in [6, 6.07) is 10.8. The smallest absolute Gasteiger partial charge is 0.191 e. The van der Waals surface area contributed by atoms with Crippen LogP contribution in [0.25, 0.3) is 0 Å². The second-order valence-corrected chi connectivity index (χ2v) is 7.44. The van der Waals surface area contributed by atoms with Crippen molar-refractivity contribution in [3.8, 4) is 0 Å². The molecule has 3 rings (SSSR count). The van der Waals surface area contributed by atoms with E-state index in [2.05, 4.69) is 38.4 Å². The van der Waals surface area contributed by atoms with Gasteiger partial charge in [-0.2, -0.15) is 0 Å². The average molecular weight is 429 g/mol. The summed E-state index contributed by atoms with van der Waals surface area (Å²) in [6.07, 6.45) is 2.79. The Balaban J connectivity index is 1.55. The molecule has 8 heteroatoms. The molecule has 0 aliphatic carbocycles. The van der Waals surface area contributed by atoms with Crippen LogP contribution in [-0.2, 0) is 11.3 Å². The third kappa shape index (κ3) is 7.10. The molecule has 0 amide bonds. The van der Waals surface area contributed by atoms with Crippen LogP contribution in [0.4, 0.5) is 15.9 Å². The summed E-state index contributed by atoms with van der Waals surface area (Å²) in [7, 11) is 1.71. The number of methoxy groups -OCH3 is 1. The Morgan fingerprint density at radius 2 is 1.84 bits per heavy atom. The predicted molar refractivity (Wildman–Crippen MR) is 124 cm³/mol. The van der Waals surface area contributed by atoms with Gasteiger partial charge in [0.15, 0.2) is 5.96 Å². The van der Waals surface area contributed by atoms with Crippen molar-refractivity contribution in [3.63, 3.8) is 0 Å². The standard InChI is InChI=1S/C23H33FN6O/c1-3-25-23(27-10-4-16-31-2)28-18-19-9-11-26-22(17-19)30-14-12-29(13-15-30)21-7-5-20(24)6-8-21/h5-9,11,17H,3-4,10,12-16,18H2,1-2H3,(H2,25,27,28). The molecule has 31 heavy (non-hydrogen) atoms. The Bertz CT molecular complexity index is 821. The van der Waals surface area contributed by atoms with Crippen molar-refractivity contribution < 1.29 is 9.13 Å². The number of aliphatic imine (C=N–C) groups is 1. The van der Waals surface area contributed by atoms with Crippen LogP contribution in [0.2, 0.25) is 0 Å². The summed E-state index contributed by atoms with van der Waals surface area (Å²) in [5.74, 6) is 1.59. The van der Waals surface area contributed by atoms with E-state index in [4.69, 9.17) is 9.73 Å². The van der Waals surface area contributed by atoms with Gasteiger partial charge in [0.05, 0.1) is 6.54 Å². The van der Waals surface area contributed by atoms with Crippen LogP contribution >= 0.6 is 0 Å². The summed E-state index contributed by atoms with van der Waals surface area (Å²) in [6.45, 7) is 8.52. The first kappa shape index (κ1) is 22.8. The van der Waals surface area contributed by atoms with Crippen LogP contribution in [0.3, 0.4) is 0 Å². The summed E-state index contributed by atoms with van der Waals surface area (Å²) in [4.78, 5) is 13.8. The third-order valence-corrected chi connectivity index (χ3v) is 5.19. The van der Waals surface area contributed by atoms with Gasteiger partial charge in [-0.1, -0.05) is 0 Å². The fourth-order valence-electron chi connectivity index (χ4n) is 3.51. The van der Waals surface area contributed by atoms with E-state index in [1.807, 2.05) is 24.4 Å². The highest BCUT2D eigenvalue weighted by Crippen LogP contribution is 2.20. The minimum absolute atomic E-state index is 0.200. The molecule has 0 bridgehead atoms. The fourth-order valence-corrected chi connectivity index (χ4v) is 3.51. The van der Waals surface area contributed by atoms with Crippen LogP contribution in [0, 0.1) is 5.82 Å². The van der Waals surface area contributed by atoms with E-state index in [0.29, 0.717) is 6.54 Å². The maximum atomic E-state index is 13.2. The van der Waals surface area contributed by atoms with Gasteiger partial charge >= 0.3 is 0 Å². The maximum Gasteiger partial charge on any atom is 0.191 e. The number of nitrogens with zero attached hydrogens (tertiary/aromatic N) is 4. The normalized spacial score (nSPS) is 14.6. The molecule has 0 atom stereocenters. The van der Waals surface area contributed by atoms with Crippen molar-refractivity contribution in [3.05, 3.63) is 54.0 Å². The summed E-state index contributed by atoms with van der Waals surface area (Å²) < 4.78 is 18.3. The minimum Gasteiger partial charge on any atom is -0.385 e. The quantitative estimate of drug-likeness (QED) is 0.364. The number of pyridine rings is 1. The number of guanidine groups is 1. The molecule has 0 unspecified atom stereocenters. The van der Waals surface area contributed by atoms with Crippen LogP contribution in [0.1, 0.15) is 18.9 Å². The zero-order valence-electron chi connectivity index (χ0n) is 18.5. The molecule has 2 aromatic rings. The first-order valence-electron chi connectivity index (χ1n) is 10.9. The van der Waals surface area contributed by atoms with Crippen molar-refractivity contribution in [2.24, 2.45) is 4.99 Å². The van der Waals surface area contributed by atoms with Crippen LogP contribution in [0.15, 0.2) is 47.6 Å². The highest BCUT2D eigenvalue weighted by molar-refractivity contribution is 5.79. The molecule has 2 N–H and O–H groups in total. The summed E-state index contributed by atoms with van der Waals surface area (Å²) >= 11 is 0. The van der Waals surface area contributed by atoms with Crippen molar-refractivity contribution in [1.29, 1.82) is 0 Å². The van der Waals surface area contributed by atoms with Crippen LogP contribution in [0.5, 0.6) is 0 Å². The molecule has 1 saturated heterocycles. The second kappa shape index (κ2) is 12.1. The molecular formula is C23H33FN6O. The maximum absolute atomic E-state index is 13.2. The number of ether oxygens (including phenoxy) is 1. The topological polar surface area (TPSA) is 65.0 Å². The SMILES string of the molecule is CCNC(=NCc1ccnc(N2CCN(c3ccc(F)cc3)CC2)c1)NCCCOC. The molecule has 2 heterocycles. The molecule has 1 aliphatic rings. The highest BCUT2D eigenvalue weighted by atomic mass is 19.1. The third-order valence-electron chi connectivity index (χ3n) is 5.19. The van der Waals surface area contributed by atoms with Gasteiger partial charge in [0, 0.05) is 64.9 Å². The van der Waals surface area contributed by atoms with Gasteiger partial charge in [-0.3, -0.25) is 0 Å². The summed E-state index contributed by atoms with van der Waals surface area (Å²) in [5.41, 5.74) is 2.19. The van der Waals surface area contributed by atoms with Crippen molar-refractivity contribution in [2.75, 3.05) is 62.8 Å². The number of benzene rings is 1. The number of nitrogens with one attached hydrogen (secondary N) is 2. The van der Waals surface area contributed by atoms with Gasteiger partial charge in [0.25, 0.3) is 0 Å². The number of piperazine rings is 1. The van der Waals surface area contributed by atoms with Gasteiger partial charge < -0.3 is 25.2 Å². The van der Waals surface area contributed by atoms with E-state index in [1.165, 1.54) is 12.1 Å². The second-order valence-electron chi connectivity index (χ2n) is 7.44. The molecule has 0 spiro atoms. The Kier molecular flexibility index (Phi) is 8.90. The van der Waals surface area contributed by atoms with Crippen molar-refractivity contribution in [1.82, 2.24) is 15.6 Å². The molecule has 1 aliphatic heterocycles. The van der Waals surface area contributed by atoms with Gasteiger partial charge in [-0.15, -0.1) is 0 Å². The number of hydrogen-bond acceptors (Lipinski definition) is 5. The first-order valence-corrected chi connectivity index (χ1v) is 10.9. The van der Waals surface area contributed by atoms with E-state index in [0.717, 1.165) is 75.3 Å². The summed E-state index contributed by atoms with van der Waals surface area (Å²) in [5, 5.41) is 6.61. The van der Waals surface area contributed by atoms with E-state index < -0.39 is 0 Å². The Hall–Kier alpha value is -2.87. The monoisotopic (exact) mass is 428 g/mol. The molecule has 1 fully saturated rings. The number of halogens is 1. The number of rotatable bonds is 9. The Morgan fingerprint density at radius 1 is 1.10 bits per heavy atom. The number of anilines is 2. The highest BCUT2D eigenvalue weighted by Gasteiger charge is 2.18. The molecule has 1 aromatic carbocycles. The van der Waals surface area contributed by atoms with Crippen molar-refractivity contribution >= 4 is 17.5 Å². The minimum atomic E-state index is -0.200. The first-order chi connectivity index (χ1) is 15.2. The number of hydrogen-bond donors (Lipinski definition) is 2.